The molecule has 5 aliphatic carbocycles. The Hall–Kier alpha value is -1.09. The van der Waals surface area contributed by atoms with E-state index in [1.165, 1.54) is 18.4 Å². The maximum atomic E-state index is 13.3. The Balaban J connectivity index is 1.62. The first kappa shape index (κ1) is 24.6. The number of hydrogen-bond donors (Lipinski definition) is 1. The van der Waals surface area contributed by atoms with Gasteiger partial charge in [-0.05, 0) is 104 Å². The van der Waals surface area contributed by atoms with Gasteiger partial charge in [-0.2, -0.15) is 0 Å². The highest BCUT2D eigenvalue weighted by Gasteiger charge is 2.70. The Kier molecular flexibility index (Phi) is 5.40. The number of allylic oxidation sites excluding steroid dienone is 3. The number of rotatable bonds is 2. The molecule has 9 atom stereocenters. The number of aliphatic hydroxyl groups excluding tert-OH is 1. The van der Waals surface area contributed by atoms with E-state index in [0.717, 1.165) is 44.9 Å². The Morgan fingerprint density at radius 2 is 1.71 bits per heavy atom. The molecular formula is C31H48O3. The molecule has 0 aliphatic heterocycles. The highest BCUT2D eigenvalue weighted by molar-refractivity contribution is 5.79. The van der Waals surface area contributed by atoms with E-state index in [0.29, 0.717) is 17.8 Å². The number of ether oxygens (including phenoxy) is 1. The maximum Gasteiger partial charge on any atom is 0.312 e. The average Bonchev–Trinajstić information content (AvgIpc) is 3.18. The topological polar surface area (TPSA) is 46.5 Å². The molecule has 9 unspecified atom stereocenters. The van der Waals surface area contributed by atoms with Crippen molar-refractivity contribution in [1.29, 1.82) is 0 Å². The third kappa shape index (κ3) is 2.77. The summed E-state index contributed by atoms with van der Waals surface area (Å²) in [5, 5.41) is 10.9. The van der Waals surface area contributed by atoms with E-state index in [-0.39, 0.29) is 45.1 Å². The summed E-state index contributed by atoms with van der Waals surface area (Å²) in [6.07, 6.45) is 12.0. The highest BCUT2D eigenvalue weighted by Crippen LogP contribution is 2.76. The first-order valence-electron chi connectivity index (χ1n) is 13.9. The number of esters is 1. The van der Waals surface area contributed by atoms with Gasteiger partial charge in [0.15, 0.2) is 0 Å². The van der Waals surface area contributed by atoms with E-state index in [1.54, 1.807) is 12.7 Å². The first-order chi connectivity index (χ1) is 15.8. The van der Waals surface area contributed by atoms with Gasteiger partial charge in [-0.25, -0.2) is 0 Å². The van der Waals surface area contributed by atoms with Crippen molar-refractivity contribution in [1.82, 2.24) is 0 Å². The standard InChI is InChI=1S/C31H48O3/c1-19(2)20-11-16-31(26(33)34-8)18-17-29(6)21(25(20)31)9-10-23-28(5)14-13-24(32)27(3,4)22(28)12-15-30(23,29)7/h9,20,22-25,32H,1,10-18H2,2-8H3. The van der Waals surface area contributed by atoms with E-state index >= 15 is 0 Å². The molecular weight excluding hydrogens is 420 g/mol. The van der Waals surface area contributed by atoms with E-state index in [1.807, 2.05) is 0 Å². The molecule has 0 aromatic rings. The van der Waals surface area contributed by atoms with E-state index in [4.69, 9.17) is 4.74 Å². The molecule has 0 aromatic carbocycles. The number of aliphatic hydroxyl groups is 1. The molecule has 0 spiro atoms. The zero-order chi connectivity index (χ0) is 24.9. The van der Waals surface area contributed by atoms with Gasteiger partial charge in [0.1, 0.15) is 0 Å². The van der Waals surface area contributed by atoms with Crippen molar-refractivity contribution in [3.05, 3.63) is 23.8 Å². The first-order valence-corrected chi connectivity index (χ1v) is 13.9. The van der Waals surface area contributed by atoms with Gasteiger partial charge < -0.3 is 9.84 Å². The maximum absolute atomic E-state index is 13.3. The highest BCUT2D eigenvalue weighted by atomic mass is 16.5. The largest absolute Gasteiger partial charge is 0.469 e. The van der Waals surface area contributed by atoms with Crippen molar-refractivity contribution in [2.45, 2.75) is 105 Å². The fourth-order valence-corrected chi connectivity index (χ4v) is 10.9. The van der Waals surface area contributed by atoms with Crippen molar-refractivity contribution >= 4 is 5.97 Å². The predicted molar refractivity (Wildman–Crippen MR) is 137 cm³/mol. The number of hydrogen-bond acceptors (Lipinski definition) is 3. The van der Waals surface area contributed by atoms with Crippen molar-refractivity contribution in [3.63, 3.8) is 0 Å². The smallest absolute Gasteiger partial charge is 0.312 e. The zero-order valence-corrected chi connectivity index (χ0v) is 22.8. The van der Waals surface area contributed by atoms with Gasteiger partial charge in [0.05, 0.1) is 18.6 Å². The molecule has 0 heterocycles. The molecule has 4 saturated carbocycles. The summed E-state index contributed by atoms with van der Waals surface area (Å²) in [6, 6.07) is 0. The molecule has 34 heavy (non-hydrogen) atoms. The van der Waals surface area contributed by atoms with Crippen molar-refractivity contribution in [2.75, 3.05) is 7.11 Å². The number of carbonyl (C=O) groups excluding carboxylic acids is 1. The minimum Gasteiger partial charge on any atom is -0.469 e. The van der Waals surface area contributed by atoms with Crippen LogP contribution in [-0.4, -0.2) is 24.3 Å². The van der Waals surface area contributed by atoms with E-state index < -0.39 is 0 Å². The summed E-state index contributed by atoms with van der Waals surface area (Å²) >= 11 is 0. The van der Waals surface area contributed by atoms with Crippen LogP contribution in [0.4, 0.5) is 0 Å². The van der Waals surface area contributed by atoms with Gasteiger partial charge in [0.2, 0.25) is 0 Å². The second-order valence-corrected chi connectivity index (χ2v) is 14.3. The van der Waals surface area contributed by atoms with Crippen molar-refractivity contribution in [3.8, 4) is 0 Å². The lowest BCUT2D eigenvalue weighted by molar-refractivity contribution is -0.202. The molecule has 3 heteroatoms. The van der Waals surface area contributed by atoms with Crippen LogP contribution in [0.3, 0.4) is 0 Å². The molecule has 0 amide bonds. The second-order valence-electron chi connectivity index (χ2n) is 14.3. The van der Waals surface area contributed by atoms with Gasteiger partial charge in [-0.3, -0.25) is 4.79 Å². The Morgan fingerprint density at radius 1 is 1.00 bits per heavy atom. The average molecular weight is 469 g/mol. The molecule has 4 fully saturated rings. The summed E-state index contributed by atoms with van der Waals surface area (Å²) in [7, 11) is 1.57. The summed E-state index contributed by atoms with van der Waals surface area (Å²) < 4.78 is 5.47. The number of methoxy groups -OCH3 is 1. The van der Waals surface area contributed by atoms with Gasteiger partial charge in [-0.1, -0.05) is 58.4 Å². The summed E-state index contributed by atoms with van der Waals surface area (Å²) in [5.41, 5.74) is 2.96. The third-order valence-corrected chi connectivity index (χ3v) is 13.0. The molecule has 0 bridgehead atoms. The van der Waals surface area contributed by atoms with Crippen LogP contribution < -0.4 is 0 Å². The van der Waals surface area contributed by atoms with Gasteiger partial charge >= 0.3 is 5.97 Å². The number of fused-ring (bicyclic) bond motifs is 7. The fraction of sp³-hybridized carbons (Fsp3) is 0.839. The molecule has 1 N–H and O–H groups in total. The van der Waals surface area contributed by atoms with Crippen LogP contribution in [0.5, 0.6) is 0 Å². The molecule has 190 valence electrons. The molecule has 5 rings (SSSR count). The van der Waals surface area contributed by atoms with Crippen molar-refractivity contribution in [2.24, 2.45) is 50.7 Å². The van der Waals surface area contributed by atoms with E-state index in [2.05, 4.69) is 54.2 Å². The van der Waals surface area contributed by atoms with Crippen LogP contribution in [-0.2, 0) is 9.53 Å². The van der Waals surface area contributed by atoms with E-state index in [9.17, 15) is 9.90 Å². The quantitative estimate of drug-likeness (QED) is 0.347. The monoisotopic (exact) mass is 468 g/mol. The molecule has 0 radical (unpaired) electrons. The van der Waals surface area contributed by atoms with Crippen LogP contribution in [0, 0.1) is 50.7 Å². The molecule has 3 nitrogen and oxygen atoms in total. The number of carbonyl (C=O) groups is 1. The molecule has 0 saturated heterocycles. The predicted octanol–water partition coefficient (Wildman–Crippen LogP) is 7.10. The molecule has 0 aromatic heterocycles. The van der Waals surface area contributed by atoms with Gasteiger partial charge in [0, 0.05) is 5.92 Å². The van der Waals surface area contributed by atoms with Crippen LogP contribution in [0.15, 0.2) is 23.8 Å². The summed E-state index contributed by atoms with van der Waals surface area (Å²) in [5.74, 6) is 1.81. The SMILES string of the molecule is C=C(C)C1CCC2(C(=O)OC)CCC3(C)C(=CCC4C5(C)CCC(O)C(C)(C)C5CCC43C)C12. The second kappa shape index (κ2) is 7.46. The minimum atomic E-state index is -0.370. The summed E-state index contributed by atoms with van der Waals surface area (Å²) in [6.45, 7) is 18.9. The van der Waals surface area contributed by atoms with Crippen LogP contribution >= 0.6 is 0 Å². The Bertz CT molecular complexity index is 931. The molecule has 5 aliphatic rings. The van der Waals surface area contributed by atoms with Gasteiger partial charge in [0.25, 0.3) is 0 Å². The fourth-order valence-electron chi connectivity index (χ4n) is 10.9. The lowest BCUT2D eigenvalue weighted by atomic mass is 9.34. The normalized spacial score (nSPS) is 51.3. The minimum absolute atomic E-state index is 0.00941. The van der Waals surface area contributed by atoms with Crippen LogP contribution in [0.25, 0.3) is 0 Å². The lowest BCUT2D eigenvalue weighted by Crippen LogP contribution is -2.64. The van der Waals surface area contributed by atoms with Crippen LogP contribution in [0.2, 0.25) is 0 Å². The summed E-state index contributed by atoms with van der Waals surface area (Å²) in [4.78, 5) is 13.3. The lowest BCUT2D eigenvalue weighted by Gasteiger charge is -2.70. The Labute approximate surface area is 207 Å². The Morgan fingerprint density at radius 3 is 2.35 bits per heavy atom. The van der Waals surface area contributed by atoms with Crippen LogP contribution in [0.1, 0.15) is 99.3 Å². The van der Waals surface area contributed by atoms with Gasteiger partial charge in [-0.15, -0.1) is 0 Å². The zero-order valence-electron chi connectivity index (χ0n) is 22.8. The third-order valence-electron chi connectivity index (χ3n) is 13.0. The van der Waals surface area contributed by atoms with Crippen molar-refractivity contribution < 1.29 is 14.6 Å².